The van der Waals surface area contributed by atoms with Crippen LogP contribution in [-0.2, 0) is 5.41 Å². The Morgan fingerprint density at radius 1 is 0.339 bits per heavy atom. The standard InChI is InChI=1S/C55H39N/c1-4-16-38(17-5-1)39-28-30-42(31-29-39)56(43-32-34-49-47-24-11-10-22-45(47)46-23-12-13-25-48(46)52(49)36-43)44-33-35-51-50-26-14-15-27-53(50)55(54(51)37-44,40-18-6-2-7-19-40)41-20-8-3-9-21-41/h1-37,46,48H. The average Bonchev–Trinajstić information content (AvgIpc) is 3.58. The predicted octanol–water partition coefficient (Wildman–Crippen LogP) is 14.2. The monoisotopic (exact) mass is 713 g/mol. The highest BCUT2D eigenvalue weighted by atomic mass is 15.1. The van der Waals surface area contributed by atoms with Crippen LogP contribution < -0.4 is 4.90 Å². The van der Waals surface area contributed by atoms with Crippen molar-refractivity contribution >= 4 is 17.1 Å². The van der Waals surface area contributed by atoms with E-state index in [2.05, 4.69) is 229 Å². The quantitative estimate of drug-likeness (QED) is 0.166. The second-order valence-electron chi connectivity index (χ2n) is 15.2. The number of fused-ring (bicyclic) bond motifs is 9. The second-order valence-corrected chi connectivity index (χ2v) is 15.2. The number of allylic oxidation sites excluding steroid dienone is 4. The van der Waals surface area contributed by atoms with Gasteiger partial charge >= 0.3 is 0 Å². The molecule has 0 N–H and O–H groups in total. The first-order valence-corrected chi connectivity index (χ1v) is 19.7. The summed E-state index contributed by atoms with van der Waals surface area (Å²) in [6, 6.07) is 74.2. The lowest BCUT2D eigenvalue weighted by Crippen LogP contribution is -2.28. The van der Waals surface area contributed by atoms with Gasteiger partial charge in [0.25, 0.3) is 0 Å². The summed E-state index contributed by atoms with van der Waals surface area (Å²) in [5.74, 6) is 0.582. The van der Waals surface area contributed by atoms with Gasteiger partial charge in [0, 0.05) is 28.9 Å². The summed E-state index contributed by atoms with van der Waals surface area (Å²) in [6.45, 7) is 0. The maximum atomic E-state index is 2.47. The minimum Gasteiger partial charge on any atom is -0.310 e. The Labute approximate surface area is 329 Å². The van der Waals surface area contributed by atoms with Gasteiger partial charge in [0.1, 0.15) is 0 Å². The van der Waals surface area contributed by atoms with Crippen molar-refractivity contribution < 1.29 is 0 Å². The molecule has 3 aliphatic carbocycles. The van der Waals surface area contributed by atoms with Crippen LogP contribution in [-0.4, -0.2) is 0 Å². The van der Waals surface area contributed by atoms with Crippen LogP contribution >= 0.6 is 0 Å². The van der Waals surface area contributed by atoms with Gasteiger partial charge < -0.3 is 4.90 Å². The molecule has 0 fully saturated rings. The molecule has 3 aliphatic rings. The molecule has 1 heteroatoms. The van der Waals surface area contributed by atoms with Gasteiger partial charge in [0.05, 0.1) is 5.41 Å². The number of nitrogens with zero attached hydrogens (tertiary/aromatic N) is 1. The van der Waals surface area contributed by atoms with E-state index < -0.39 is 5.41 Å². The van der Waals surface area contributed by atoms with Crippen molar-refractivity contribution in [2.45, 2.75) is 17.3 Å². The maximum Gasteiger partial charge on any atom is 0.0714 e. The summed E-state index contributed by atoms with van der Waals surface area (Å²) in [5.41, 5.74) is 18.5. The van der Waals surface area contributed by atoms with Crippen molar-refractivity contribution in [3.05, 3.63) is 258 Å². The minimum absolute atomic E-state index is 0.269. The Morgan fingerprint density at radius 2 is 0.821 bits per heavy atom. The molecule has 0 saturated heterocycles. The van der Waals surface area contributed by atoms with Crippen LogP contribution in [0.25, 0.3) is 33.4 Å². The Balaban J connectivity index is 1.15. The highest BCUT2D eigenvalue weighted by Gasteiger charge is 2.46. The fraction of sp³-hybridized carbons (Fsp3) is 0.0545. The van der Waals surface area contributed by atoms with Crippen molar-refractivity contribution in [3.63, 3.8) is 0 Å². The number of rotatable bonds is 6. The zero-order chi connectivity index (χ0) is 37.1. The Kier molecular flexibility index (Phi) is 7.60. The van der Waals surface area contributed by atoms with E-state index in [0.29, 0.717) is 5.92 Å². The molecule has 0 saturated carbocycles. The number of hydrogen-bond acceptors (Lipinski definition) is 1. The molecule has 0 spiro atoms. The van der Waals surface area contributed by atoms with E-state index in [1.807, 2.05) is 0 Å². The van der Waals surface area contributed by atoms with E-state index >= 15 is 0 Å². The molecule has 8 aromatic carbocycles. The summed E-state index contributed by atoms with van der Waals surface area (Å²) in [6.07, 6.45) is 9.20. The predicted molar refractivity (Wildman–Crippen MR) is 233 cm³/mol. The van der Waals surface area contributed by atoms with Gasteiger partial charge in [-0.15, -0.1) is 0 Å². The molecule has 56 heavy (non-hydrogen) atoms. The van der Waals surface area contributed by atoms with E-state index in [1.165, 1.54) is 66.8 Å². The fourth-order valence-corrected chi connectivity index (χ4v) is 9.90. The SMILES string of the molecule is C1=CC2c3ccccc3-c3ccc(N(c4ccc(-c5ccccc5)cc4)c4ccc5c(c4)C(c4ccccc4)(c4ccccc4)c4ccccc4-5)cc3C2C=C1. The third kappa shape index (κ3) is 4.94. The molecule has 0 bridgehead atoms. The first kappa shape index (κ1) is 32.5. The average molecular weight is 714 g/mol. The highest BCUT2D eigenvalue weighted by Crippen LogP contribution is 2.58. The molecule has 2 unspecified atom stereocenters. The van der Waals surface area contributed by atoms with Crippen LogP contribution in [0.5, 0.6) is 0 Å². The Bertz CT molecular complexity index is 2760. The van der Waals surface area contributed by atoms with Gasteiger partial charge in [-0.1, -0.05) is 188 Å². The lowest BCUT2D eigenvalue weighted by Gasteiger charge is -2.36. The number of benzene rings is 8. The molecule has 11 rings (SSSR count). The summed E-state index contributed by atoms with van der Waals surface area (Å²) >= 11 is 0. The first-order valence-electron chi connectivity index (χ1n) is 19.7. The smallest absolute Gasteiger partial charge is 0.0714 e. The molecule has 8 aromatic rings. The van der Waals surface area contributed by atoms with E-state index in [0.717, 1.165) is 17.1 Å². The van der Waals surface area contributed by atoms with Crippen molar-refractivity contribution in [1.82, 2.24) is 0 Å². The molecule has 0 amide bonds. The lowest BCUT2D eigenvalue weighted by atomic mass is 9.67. The Hall–Kier alpha value is -6.96. The fourth-order valence-electron chi connectivity index (χ4n) is 9.90. The summed E-state index contributed by atoms with van der Waals surface area (Å²) in [7, 11) is 0. The van der Waals surface area contributed by atoms with Crippen LogP contribution in [0.3, 0.4) is 0 Å². The topological polar surface area (TPSA) is 3.24 Å². The van der Waals surface area contributed by atoms with Crippen LogP contribution in [0.1, 0.15) is 45.2 Å². The van der Waals surface area contributed by atoms with E-state index in [9.17, 15) is 0 Å². The van der Waals surface area contributed by atoms with Gasteiger partial charge in [0.15, 0.2) is 0 Å². The molecular weight excluding hydrogens is 675 g/mol. The normalized spacial score (nSPS) is 16.6. The van der Waals surface area contributed by atoms with Gasteiger partial charge in [-0.05, 0) is 103 Å². The van der Waals surface area contributed by atoms with Crippen molar-refractivity contribution in [3.8, 4) is 33.4 Å². The molecule has 0 heterocycles. The number of anilines is 3. The van der Waals surface area contributed by atoms with Crippen LogP contribution in [0.15, 0.2) is 224 Å². The molecule has 0 aliphatic heterocycles. The lowest BCUT2D eigenvalue weighted by molar-refractivity contribution is 0.720. The van der Waals surface area contributed by atoms with E-state index in [1.54, 1.807) is 0 Å². The zero-order valence-electron chi connectivity index (χ0n) is 31.0. The molecule has 0 aromatic heterocycles. The van der Waals surface area contributed by atoms with E-state index in [4.69, 9.17) is 0 Å². The van der Waals surface area contributed by atoms with E-state index in [-0.39, 0.29) is 5.92 Å². The summed E-state index contributed by atoms with van der Waals surface area (Å²) < 4.78 is 0. The van der Waals surface area contributed by atoms with Crippen LogP contribution in [0.4, 0.5) is 17.1 Å². The van der Waals surface area contributed by atoms with Crippen molar-refractivity contribution in [2.75, 3.05) is 4.90 Å². The molecule has 1 nitrogen and oxygen atoms in total. The Morgan fingerprint density at radius 3 is 1.52 bits per heavy atom. The molecule has 0 radical (unpaired) electrons. The third-order valence-corrected chi connectivity index (χ3v) is 12.3. The minimum atomic E-state index is -0.487. The van der Waals surface area contributed by atoms with Crippen molar-refractivity contribution in [1.29, 1.82) is 0 Å². The third-order valence-electron chi connectivity index (χ3n) is 12.3. The molecular formula is C55H39N. The van der Waals surface area contributed by atoms with Gasteiger partial charge in [-0.3, -0.25) is 0 Å². The van der Waals surface area contributed by atoms with Crippen LogP contribution in [0.2, 0.25) is 0 Å². The second kappa shape index (κ2) is 13.1. The maximum absolute atomic E-state index is 2.47. The van der Waals surface area contributed by atoms with Crippen LogP contribution in [0, 0.1) is 0 Å². The van der Waals surface area contributed by atoms with Gasteiger partial charge in [-0.2, -0.15) is 0 Å². The highest BCUT2D eigenvalue weighted by molar-refractivity contribution is 5.90. The summed E-state index contributed by atoms with van der Waals surface area (Å²) in [5, 5.41) is 0. The molecule has 2 atom stereocenters. The first-order chi connectivity index (χ1) is 27.8. The molecule has 264 valence electrons. The zero-order valence-corrected chi connectivity index (χ0v) is 31.0. The van der Waals surface area contributed by atoms with Gasteiger partial charge in [-0.25, -0.2) is 0 Å². The number of hydrogen-bond donors (Lipinski definition) is 0. The van der Waals surface area contributed by atoms with Gasteiger partial charge in [0.2, 0.25) is 0 Å². The van der Waals surface area contributed by atoms with Crippen molar-refractivity contribution in [2.24, 2.45) is 0 Å². The largest absolute Gasteiger partial charge is 0.310 e. The summed E-state index contributed by atoms with van der Waals surface area (Å²) in [4.78, 5) is 2.47.